The number of hydrogen-bond acceptors (Lipinski definition) is 7. The quantitative estimate of drug-likeness (QED) is 0.810. The van der Waals surface area contributed by atoms with Gasteiger partial charge in [0.15, 0.2) is 0 Å². The summed E-state index contributed by atoms with van der Waals surface area (Å²) in [5.41, 5.74) is 5.74. The first-order valence-corrected chi connectivity index (χ1v) is 9.75. The lowest BCUT2D eigenvalue weighted by Gasteiger charge is -2.47. The number of amides is 2. The minimum Gasteiger partial charge on any atom is -0.374 e. The molecule has 2 fully saturated rings. The van der Waals surface area contributed by atoms with Crippen molar-refractivity contribution < 1.29 is 4.79 Å². The largest absolute Gasteiger partial charge is 0.374 e. The average molecular weight is 368 g/mol. The highest BCUT2D eigenvalue weighted by Crippen LogP contribution is 2.31. The van der Waals surface area contributed by atoms with Gasteiger partial charge in [-0.3, -0.25) is 4.90 Å². The van der Waals surface area contributed by atoms with Crippen LogP contribution in [0.5, 0.6) is 0 Å². The third kappa shape index (κ3) is 4.04. The standard InChI is InChI=1S/C16H29N7OS/c1-12(13-19-20-14(17)25-13)18-15(24)23-8-4-7-22(3)16(11-23)5-9-21(2)10-6-16/h12H,4-11H2,1-3H3,(H2,17,20)(H,18,24)/t12-/m1/s1. The first kappa shape index (κ1) is 18.3. The summed E-state index contributed by atoms with van der Waals surface area (Å²) in [6.07, 6.45) is 3.21. The van der Waals surface area contributed by atoms with E-state index in [4.69, 9.17) is 5.73 Å². The van der Waals surface area contributed by atoms with Crippen molar-refractivity contribution in [3.05, 3.63) is 5.01 Å². The smallest absolute Gasteiger partial charge is 0.318 e. The summed E-state index contributed by atoms with van der Waals surface area (Å²) in [6, 6.07) is -0.202. The Morgan fingerprint density at radius 2 is 1.96 bits per heavy atom. The number of likely N-dealkylation sites (N-methyl/N-ethyl adjacent to an activating group) is 1. The van der Waals surface area contributed by atoms with Crippen LogP contribution >= 0.6 is 11.3 Å². The summed E-state index contributed by atoms with van der Waals surface area (Å²) in [6.45, 7) is 6.70. The lowest BCUT2D eigenvalue weighted by Crippen LogP contribution is -2.59. The van der Waals surface area contributed by atoms with Crippen LogP contribution in [0.4, 0.5) is 9.93 Å². The zero-order chi connectivity index (χ0) is 18.0. The molecule has 0 saturated carbocycles. The maximum Gasteiger partial charge on any atom is 0.318 e. The molecule has 1 spiro atoms. The molecule has 1 aromatic rings. The number of likely N-dealkylation sites (tertiary alicyclic amines) is 1. The highest BCUT2D eigenvalue weighted by Gasteiger charge is 2.41. The highest BCUT2D eigenvalue weighted by molar-refractivity contribution is 7.15. The third-order valence-electron chi connectivity index (χ3n) is 5.59. The molecule has 3 rings (SSSR count). The third-order valence-corrected chi connectivity index (χ3v) is 6.52. The van der Waals surface area contributed by atoms with Gasteiger partial charge >= 0.3 is 6.03 Å². The summed E-state index contributed by atoms with van der Waals surface area (Å²) in [4.78, 5) is 19.7. The molecule has 0 bridgehead atoms. The van der Waals surface area contributed by atoms with Crippen LogP contribution in [0, 0.1) is 0 Å². The van der Waals surface area contributed by atoms with E-state index in [1.54, 1.807) is 0 Å². The predicted molar refractivity (Wildman–Crippen MR) is 99.6 cm³/mol. The number of hydrogen-bond donors (Lipinski definition) is 2. The van der Waals surface area contributed by atoms with Crippen LogP contribution in [0.1, 0.15) is 37.2 Å². The van der Waals surface area contributed by atoms with E-state index in [9.17, 15) is 4.79 Å². The zero-order valence-corrected chi connectivity index (χ0v) is 16.2. The van der Waals surface area contributed by atoms with Crippen LogP contribution < -0.4 is 11.1 Å². The van der Waals surface area contributed by atoms with E-state index in [2.05, 4.69) is 39.4 Å². The normalized spacial score (nSPS) is 23.4. The lowest BCUT2D eigenvalue weighted by molar-refractivity contribution is 0.0410. The van der Waals surface area contributed by atoms with Gasteiger partial charge in [0.2, 0.25) is 5.13 Å². The topological polar surface area (TPSA) is 90.6 Å². The van der Waals surface area contributed by atoms with Crippen LogP contribution in [-0.2, 0) is 0 Å². The second-order valence-electron chi connectivity index (χ2n) is 7.37. The summed E-state index contributed by atoms with van der Waals surface area (Å²) in [5, 5.41) is 12.1. The molecular formula is C16H29N7OS. The van der Waals surface area contributed by atoms with E-state index in [0.717, 1.165) is 57.0 Å². The predicted octanol–water partition coefficient (Wildman–Crippen LogP) is 0.993. The average Bonchev–Trinajstić information content (AvgIpc) is 2.95. The van der Waals surface area contributed by atoms with Gasteiger partial charge in [-0.15, -0.1) is 10.2 Å². The van der Waals surface area contributed by atoms with Crippen molar-refractivity contribution in [1.29, 1.82) is 0 Å². The van der Waals surface area contributed by atoms with Gasteiger partial charge in [-0.1, -0.05) is 11.3 Å². The van der Waals surface area contributed by atoms with Gasteiger partial charge in [-0.25, -0.2) is 4.79 Å². The number of aromatic nitrogens is 2. The van der Waals surface area contributed by atoms with Crippen LogP contribution in [0.25, 0.3) is 0 Å². The minimum absolute atomic E-state index is 0.0186. The molecule has 3 N–H and O–H groups in total. The molecule has 1 aromatic heterocycles. The number of rotatable bonds is 2. The molecule has 0 radical (unpaired) electrons. The van der Waals surface area contributed by atoms with Crippen molar-refractivity contribution in [2.45, 2.75) is 37.8 Å². The van der Waals surface area contributed by atoms with Crippen molar-refractivity contribution in [3.8, 4) is 0 Å². The van der Waals surface area contributed by atoms with Crippen LogP contribution in [0.2, 0.25) is 0 Å². The molecule has 3 heterocycles. The number of nitrogens with one attached hydrogen (secondary N) is 1. The van der Waals surface area contributed by atoms with E-state index in [1.165, 1.54) is 11.3 Å². The van der Waals surface area contributed by atoms with E-state index in [-0.39, 0.29) is 17.6 Å². The van der Waals surface area contributed by atoms with Crippen molar-refractivity contribution in [2.75, 3.05) is 52.6 Å². The second kappa shape index (κ2) is 7.43. The van der Waals surface area contributed by atoms with E-state index in [0.29, 0.717) is 5.13 Å². The molecule has 0 aromatic carbocycles. The number of nitrogen functional groups attached to an aromatic ring is 1. The van der Waals surface area contributed by atoms with Gasteiger partial charge in [0.25, 0.3) is 0 Å². The molecule has 0 unspecified atom stereocenters. The van der Waals surface area contributed by atoms with E-state index >= 15 is 0 Å². The van der Waals surface area contributed by atoms with Crippen LogP contribution in [0.3, 0.4) is 0 Å². The Morgan fingerprint density at radius 1 is 1.24 bits per heavy atom. The second-order valence-corrected chi connectivity index (χ2v) is 8.41. The SMILES string of the molecule is C[C@@H](NC(=O)N1CCCN(C)C2(CCN(C)CC2)C1)c1nnc(N)s1. The molecular weight excluding hydrogens is 338 g/mol. The summed E-state index contributed by atoms with van der Waals surface area (Å²) < 4.78 is 0. The molecule has 140 valence electrons. The summed E-state index contributed by atoms with van der Waals surface area (Å²) >= 11 is 1.32. The van der Waals surface area contributed by atoms with Gasteiger partial charge in [0.05, 0.1) is 6.04 Å². The molecule has 9 heteroatoms. The first-order valence-electron chi connectivity index (χ1n) is 8.94. The number of piperidine rings is 1. The zero-order valence-electron chi connectivity index (χ0n) is 15.4. The van der Waals surface area contributed by atoms with Crippen molar-refractivity contribution >= 4 is 22.5 Å². The number of anilines is 1. The summed E-state index contributed by atoms with van der Waals surface area (Å²) in [5.74, 6) is 0. The van der Waals surface area contributed by atoms with Crippen LogP contribution in [-0.4, -0.2) is 83.3 Å². The van der Waals surface area contributed by atoms with Crippen molar-refractivity contribution in [3.63, 3.8) is 0 Å². The van der Waals surface area contributed by atoms with E-state index in [1.807, 2.05) is 11.8 Å². The Labute approximate surface area is 153 Å². The van der Waals surface area contributed by atoms with Crippen molar-refractivity contribution in [1.82, 2.24) is 30.2 Å². The number of carbonyl (C=O) groups excluding carboxylic acids is 1. The minimum atomic E-state index is -0.184. The molecule has 1 atom stereocenters. The molecule has 2 saturated heterocycles. The number of urea groups is 1. The lowest BCUT2D eigenvalue weighted by atomic mass is 9.85. The Bertz CT molecular complexity index is 599. The Kier molecular flexibility index (Phi) is 5.45. The van der Waals surface area contributed by atoms with Gasteiger partial charge in [0.1, 0.15) is 5.01 Å². The number of nitrogens with zero attached hydrogens (tertiary/aromatic N) is 5. The molecule has 25 heavy (non-hydrogen) atoms. The number of nitrogens with two attached hydrogens (primary N) is 1. The van der Waals surface area contributed by atoms with Gasteiger partial charge in [-0.05, 0) is 53.4 Å². The van der Waals surface area contributed by atoms with Gasteiger partial charge < -0.3 is 20.9 Å². The summed E-state index contributed by atoms with van der Waals surface area (Å²) in [7, 11) is 4.38. The van der Waals surface area contributed by atoms with Gasteiger partial charge in [-0.2, -0.15) is 0 Å². The first-order chi connectivity index (χ1) is 11.9. The van der Waals surface area contributed by atoms with Crippen molar-refractivity contribution in [2.24, 2.45) is 0 Å². The Hall–Kier alpha value is -1.45. The molecule has 2 amide bonds. The number of carbonyl (C=O) groups is 1. The fourth-order valence-corrected chi connectivity index (χ4v) is 4.41. The monoisotopic (exact) mass is 367 g/mol. The van der Waals surface area contributed by atoms with Crippen LogP contribution in [0.15, 0.2) is 0 Å². The fraction of sp³-hybridized carbons (Fsp3) is 0.812. The molecule has 2 aliphatic heterocycles. The molecule has 8 nitrogen and oxygen atoms in total. The maximum absolute atomic E-state index is 12.8. The fourth-order valence-electron chi connectivity index (χ4n) is 3.80. The highest BCUT2D eigenvalue weighted by atomic mass is 32.1. The molecule has 0 aliphatic carbocycles. The Morgan fingerprint density at radius 3 is 2.60 bits per heavy atom. The molecule has 2 aliphatic rings. The van der Waals surface area contributed by atoms with Gasteiger partial charge in [0, 0.05) is 25.2 Å². The maximum atomic E-state index is 12.8. The van der Waals surface area contributed by atoms with E-state index < -0.39 is 0 Å². The Balaban J connectivity index is 1.67.